The van der Waals surface area contributed by atoms with Crippen LogP contribution in [0.4, 0.5) is 0 Å². The van der Waals surface area contributed by atoms with E-state index in [4.69, 9.17) is 0 Å². The van der Waals surface area contributed by atoms with Crippen LogP contribution in [0.1, 0.15) is 28.8 Å². The highest BCUT2D eigenvalue weighted by atomic mass is 16.2. The number of hydrogen-bond donors (Lipinski definition) is 1. The van der Waals surface area contributed by atoms with E-state index in [-0.39, 0.29) is 11.9 Å². The van der Waals surface area contributed by atoms with Gasteiger partial charge in [-0.3, -0.25) is 14.5 Å². The van der Waals surface area contributed by atoms with Crippen molar-refractivity contribution in [3.8, 4) is 11.4 Å². The van der Waals surface area contributed by atoms with Gasteiger partial charge in [0.2, 0.25) is 5.91 Å². The van der Waals surface area contributed by atoms with Gasteiger partial charge >= 0.3 is 0 Å². The molecule has 1 aliphatic rings. The molecule has 0 spiro atoms. The number of aryl methyl sites for hydroxylation is 2. The van der Waals surface area contributed by atoms with Crippen LogP contribution in [0.2, 0.25) is 0 Å². The number of nitrogens with zero attached hydrogens (tertiary/aromatic N) is 5. The van der Waals surface area contributed by atoms with Gasteiger partial charge in [0.05, 0.1) is 17.8 Å². The Morgan fingerprint density at radius 1 is 1.20 bits per heavy atom. The minimum Gasteiger partial charge on any atom is -0.336 e. The molecule has 7 nitrogen and oxygen atoms in total. The number of likely N-dealkylation sites (N-methyl/N-ethyl adjacent to an activating group) is 1. The summed E-state index contributed by atoms with van der Waals surface area (Å²) in [4.78, 5) is 14.6. The molecule has 3 heterocycles. The first-order chi connectivity index (χ1) is 12.1. The standard InChI is InChI=1S/C18H20N6O/c1-11-16(12(2)20-19-11)17-22-21-15-10-23(3)18(25)14(24(15)17)9-13-7-5-4-6-8-13/h4-8,14H,9-10H2,1-3H3,(H,19,20)/t14-/m1/s1. The molecule has 0 saturated heterocycles. The zero-order valence-corrected chi connectivity index (χ0v) is 14.5. The lowest BCUT2D eigenvalue weighted by Crippen LogP contribution is -2.41. The Morgan fingerprint density at radius 3 is 2.64 bits per heavy atom. The number of carbonyl (C=O) groups is 1. The van der Waals surface area contributed by atoms with Crippen molar-refractivity contribution in [2.45, 2.75) is 32.9 Å². The number of fused-ring (bicyclic) bond motifs is 1. The normalized spacial score (nSPS) is 17.0. The largest absolute Gasteiger partial charge is 0.336 e. The first-order valence-corrected chi connectivity index (χ1v) is 8.31. The molecule has 1 aromatic carbocycles. The SMILES string of the molecule is Cc1n[nH]c(C)c1-c1nnc2n1[C@H](Cc1ccccc1)C(=O)N(C)C2. The molecule has 25 heavy (non-hydrogen) atoms. The molecule has 3 aromatic rings. The van der Waals surface area contributed by atoms with Gasteiger partial charge in [-0.2, -0.15) is 5.10 Å². The molecule has 1 N–H and O–H groups in total. The molecule has 0 bridgehead atoms. The van der Waals surface area contributed by atoms with Gasteiger partial charge < -0.3 is 4.90 Å². The highest BCUT2D eigenvalue weighted by molar-refractivity contribution is 5.82. The minimum absolute atomic E-state index is 0.0798. The van der Waals surface area contributed by atoms with Gasteiger partial charge in [-0.15, -0.1) is 10.2 Å². The van der Waals surface area contributed by atoms with Crippen LogP contribution in [0.5, 0.6) is 0 Å². The number of carbonyl (C=O) groups excluding carboxylic acids is 1. The molecule has 4 rings (SSSR count). The van der Waals surface area contributed by atoms with Gasteiger partial charge in [-0.25, -0.2) is 0 Å². The zero-order valence-electron chi connectivity index (χ0n) is 14.5. The summed E-state index contributed by atoms with van der Waals surface area (Å²) in [5.41, 5.74) is 3.83. The number of benzene rings is 1. The Bertz CT molecular complexity index is 907. The molecule has 0 aliphatic carbocycles. The maximum absolute atomic E-state index is 12.9. The highest BCUT2D eigenvalue weighted by Crippen LogP contribution is 2.32. The molecule has 2 aromatic heterocycles. The molecular weight excluding hydrogens is 316 g/mol. The summed E-state index contributed by atoms with van der Waals surface area (Å²) in [5.74, 6) is 1.59. The smallest absolute Gasteiger partial charge is 0.246 e. The first kappa shape index (κ1) is 15.6. The first-order valence-electron chi connectivity index (χ1n) is 8.31. The van der Waals surface area contributed by atoms with E-state index >= 15 is 0 Å². The summed E-state index contributed by atoms with van der Waals surface area (Å²) in [5, 5.41) is 16.0. The van der Waals surface area contributed by atoms with E-state index in [2.05, 4.69) is 20.4 Å². The number of hydrogen-bond acceptors (Lipinski definition) is 4. The molecular formula is C18H20N6O. The van der Waals surface area contributed by atoms with Crippen molar-refractivity contribution in [3.63, 3.8) is 0 Å². The van der Waals surface area contributed by atoms with Crippen molar-refractivity contribution in [1.29, 1.82) is 0 Å². The third-order valence-corrected chi connectivity index (χ3v) is 4.74. The lowest BCUT2D eigenvalue weighted by Gasteiger charge is -2.31. The molecule has 0 fully saturated rings. The van der Waals surface area contributed by atoms with E-state index in [1.807, 2.05) is 55.8 Å². The predicted octanol–water partition coefficient (Wildman–Crippen LogP) is 2.04. The fraction of sp³-hybridized carbons (Fsp3) is 0.333. The zero-order chi connectivity index (χ0) is 17.6. The molecule has 0 saturated carbocycles. The Kier molecular flexibility index (Phi) is 3.63. The van der Waals surface area contributed by atoms with E-state index in [9.17, 15) is 4.79 Å². The van der Waals surface area contributed by atoms with Crippen molar-refractivity contribution >= 4 is 5.91 Å². The lowest BCUT2D eigenvalue weighted by molar-refractivity contribution is -0.135. The maximum atomic E-state index is 12.9. The summed E-state index contributed by atoms with van der Waals surface area (Å²) < 4.78 is 1.99. The quantitative estimate of drug-likeness (QED) is 0.794. The third kappa shape index (κ3) is 2.52. The van der Waals surface area contributed by atoms with Crippen molar-refractivity contribution in [2.75, 3.05) is 7.05 Å². The van der Waals surface area contributed by atoms with Crippen LogP contribution in [0, 0.1) is 13.8 Å². The van der Waals surface area contributed by atoms with Crippen LogP contribution in [0.15, 0.2) is 30.3 Å². The van der Waals surface area contributed by atoms with Gasteiger partial charge in [0.25, 0.3) is 0 Å². The van der Waals surface area contributed by atoms with Crippen molar-refractivity contribution < 1.29 is 4.79 Å². The fourth-order valence-corrected chi connectivity index (χ4v) is 3.48. The van der Waals surface area contributed by atoms with Crippen molar-refractivity contribution in [1.82, 2.24) is 29.9 Å². The molecule has 1 amide bonds. The van der Waals surface area contributed by atoms with Crippen LogP contribution in [0.3, 0.4) is 0 Å². The van der Waals surface area contributed by atoms with Crippen molar-refractivity contribution in [2.24, 2.45) is 0 Å². The number of aromatic amines is 1. The van der Waals surface area contributed by atoms with Gasteiger partial charge in [0.15, 0.2) is 11.6 Å². The van der Waals surface area contributed by atoms with Crippen LogP contribution >= 0.6 is 0 Å². The molecule has 1 aliphatic heterocycles. The Labute approximate surface area is 145 Å². The van der Waals surface area contributed by atoms with Crippen LogP contribution in [-0.4, -0.2) is 42.8 Å². The van der Waals surface area contributed by atoms with E-state index in [1.54, 1.807) is 4.90 Å². The van der Waals surface area contributed by atoms with Gasteiger partial charge in [0, 0.05) is 19.2 Å². The fourth-order valence-electron chi connectivity index (χ4n) is 3.48. The average molecular weight is 336 g/mol. The molecule has 0 unspecified atom stereocenters. The van der Waals surface area contributed by atoms with Crippen molar-refractivity contribution in [3.05, 3.63) is 53.1 Å². The number of rotatable bonds is 3. The van der Waals surface area contributed by atoms with Gasteiger partial charge in [0.1, 0.15) is 6.04 Å². The van der Waals surface area contributed by atoms with E-state index in [0.29, 0.717) is 18.8 Å². The minimum atomic E-state index is -0.352. The second-order valence-corrected chi connectivity index (χ2v) is 6.52. The Hall–Kier alpha value is -2.96. The summed E-state index contributed by atoms with van der Waals surface area (Å²) in [6.45, 7) is 4.36. The molecule has 7 heteroatoms. The molecule has 128 valence electrons. The van der Waals surface area contributed by atoms with Gasteiger partial charge in [-0.05, 0) is 19.4 Å². The van der Waals surface area contributed by atoms with Crippen LogP contribution < -0.4 is 0 Å². The summed E-state index contributed by atoms with van der Waals surface area (Å²) in [6, 6.07) is 9.69. The summed E-state index contributed by atoms with van der Waals surface area (Å²) in [6.07, 6.45) is 0.609. The van der Waals surface area contributed by atoms with Crippen LogP contribution in [-0.2, 0) is 17.8 Å². The third-order valence-electron chi connectivity index (χ3n) is 4.74. The number of aromatic nitrogens is 5. The van der Waals surface area contributed by atoms with Crippen LogP contribution in [0.25, 0.3) is 11.4 Å². The van der Waals surface area contributed by atoms with Gasteiger partial charge in [-0.1, -0.05) is 30.3 Å². The monoisotopic (exact) mass is 336 g/mol. The highest BCUT2D eigenvalue weighted by Gasteiger charge is 2.35. The second-order valence-electron chi connectivity index (χ2n) is 6.52. The second kappa shape index (κ2) is 5.84. The summed E-state index contributed by atoms with van der Waals surface area (Å²) >= 11 is 0. The summed E-state index contributed by atoms with van der Waals surface area (Å²) in [7, 11) is 1.81. The number of nitrogens with one attached hydrogen (secondary N) is 1. The number of H-pyrrole nitrogens is 1. The molecule has 1 atom stereocenters. The average Bonchev–Trinajstić information content (AvgIpc) is 3.15. The number of amides is 1. The Morgan fingerprint density at radius 2 is 1.96 bits per heavy atom. The lowest BCUT2D eigenvalue weighted by atomic mass is 10.0. The topological polar surface area (TPSA) is 79.7 Å². The van der Waals surface area contributed by atoms with E-state index < -0.39 is 0 Å². The molecule has 0 radical (unpaired) electrons. The van der Waals surface area contributed by atoms with E-state index in [0.717, 1.165) is 28.3 Å². The Balaban J connectivity index is 1.84. The predicted molar refractivity (Wildman–Crippen MR) is 92.7 cm³/mol. The maximum Gasteiger partial charge on any atom is 0.246 e. The van der Waals surface area contributed by atoms with E-state index in [1.165, 1.54) is 0 Å².